The Hall–Kier alpha value is -2.04. The molecule has 2 amide bonds. The molecule has 1 aliphatic heterocycles. The summed E-state index contributed by atoms with van der Waals surface area (Å²) in [6, 6.07) is 5.10. The molecule has 5 nitrogen and oxygen atoms in total. The lowest BCUT2D eigenvalue weighted by Gasteiger charge is -2.16. The number of benzene rings is 1. The van der Waals surface area contributed by atoms with Crippen LogP contribution >= 0.6 is 0 Å². The second-order valence-electron chi connectivity index (χ2n) is 4.60. The average Bonchev–Trinajstić information content (AvgIpc) is 2.91. The van der Waals surface area contributed by atoms with Crippen molar-refractivity contribution in [1.82, 2.24) is 4.90 Å². The Balaban J connectivity index is 2.25. The highest BCUT2D eigenvalue weighted by atomic mass is 16.5. The van der Waals surface area contributed by atoms with Crippen LogP contribution in [0.4, 0.5) is 5.69 Å². The minimum Gasteiger partial charge on any atom is -0.495 e. The van der Waals surface area contributed by atoms with Gasteiger partial charge in [-0.3, -0.25) is 9.59 Å². The number of carbonyl (C=O) groups excluding carboxylic acids is 2. The molecule has 1 saturated heterocycles. The Morgan fingerprint density at radius 1 is 1.26 bits per heavy atom. The van der Waals surface area contributed by atoms with E-state index < -0.39 is 0 Å². The third-order valence-corrected chi connectivity index (χ3v) is 3.15. The van der Waals surface area contributed by atoms with Gasteiger partial charge in [0.2, 0.25) is 5.91 Å². The van der Waals surface area contributed by atoms with Crippen molar-refractivity contribution in [3.8, 4) is 5.75 Å². The Bertz CT molecular complexity index is 493. The zero-order chi connectivity index (χ0) is 13.8. The predicted molar refractivity (Wildman–Crippen MR) is 72.4 cm³/mol. The normalized spacial score (nSPS) is 14.3. The fraction of sp³-hybridized carbons (Fsp3) is 0.429. The van der Waals surface area contributed by atoms with Gasteiger partial charge in [0, 0.05) is 25.6 Å². The van der Waals surface area contributed by atoms with Crippen LogP contribution in [0.3, 0.4) is 0 Å². The lowest BCUT2D eigenvalue weighted by Crippen LogP contribution is -2.27. The summed E-state index contributed by atoms with van der Waals surface area (Å²) in [6.07, 6.45) is 2.11. The van der Waals surface area contributed by atoms with E-state index in [4.69, 9.17) is 4.74 Å². The number of rotatable bonds is 3. The highest BCUT2D eigenvalue weighted by Gasteiger charge is 2.20. The van der Waals surface area contributed by atoms with Gasteiger partial charge in [-0.05, 0) is 31.0 Å². The fourth-order valence-electron chi connectivity index (χ4n) is 2.23. The maximum Gasteiger partial charge on any atom is 0.253 e. The molecular weight excluding hydrogens is 244 g/mol. The summed E-state index contributed by atoms with van der Waals surface area (Å²) in [5.74, 6) is 0.365. The molecule has 1 N–H and O–H groups in total. The van der Waals surface area contributed by atoms with E-state index in [9.17, 15) is 9.59 Å². The Morgan fingerprint density at radius 3 is 2.53 bits per heavy atom. The Labute approximate surface area is 112 Å². The molecule has 0 bridgehead atoms. The van der Waals surface area contributed by atoms with Crippen LogP contribution in [0.1, 0.15) is 30.1 Å². The maximum atomic E-state index is 12.3. The average molecular weight is 262 g/mol. The SMILES string of the molecule is COc1ccc(C(=O)N2CCCC2)cc1NC(C)=O. The molecular formula is C14H18N2O3. The molecule has 0 aliphatic carbocycles. The van der Waals surface area contributed by atoms with Crippen molar-refractivity contribution < 1.29 is 14.3 Å². The van der Waals surface area contributed by atoms with E-state index in [0.717, 1.165) is 25.9 Å². The molecule has 0 spiro atoms. The molecule has 0 unspecified atom stereocenters. The summed E-state index contributed by atoms with van der Waals surface area (Å²) in [5.41, 5.74) is 1.10. The van der Waals surface area contributed by atoms with Gasteiger partial charge in [-0.1, -0.05) is 0 Å². The first-order chi connectivity index (χ1) is 9.11. The number of methoxy groups -OCH3 is 1. The quantitative estimate of drug-likeness (QED) is 0.905. The van der Waals surface area contributed by atoms with E-state index >= 15 is 0 Å². The number of carbonyl (C=O) groups is 2. The van der Waals surface area contributed by atoms with E-state index in [2.05, 4.69) is 5.32 Å². The van der Waals surface area contributed by atoms with E-state index in [1.54, 1.807) is 18.2 Å². The first-order valence-electron chi connectivity index (χ1n) is 6.36. The van der Waals surface area contributed by atoms with Gasteiger partial charge in [-0.15, -0.1) is 0 Å². The number of nitrogens with zero attached hydrogens (tertiary/aromatic N) is 1. The van der Waals surface area contributed by atoms with Crippen LogP contribution in [-0.4, -0.2) is 36.9 Å². The molecule has 1 heterocycles. The van der Waals surface area contributed by atoms with Gasteiger partial charge in [0.25, 0.3) is 5.91 Å². The maximum absolute atomic E-state index is 12.3. The zero-order valence-corrected chi connectivity index (χ0v) is 11.2. The Kier molecular flexibility index (Phi) is 4.04. The van der Waals surface area contributed by atoms with Gasteiger partial charge >= 0.3 is 0 Å². The van der Waals surface area contributed by atoms with E-state index in [0.29, 0.717) is 17.0 Å². The summed E-state index contributed by atoms with van der Waals surface area (Å²) >= 11 is 0. The van der Waals surface area contributed by atoms with Crippen LogP contribution in [0.15, 0.2) is 18.2 Å². The number of likely N-dealkylation sites (tertiary alicyclic amines) is 1. The van der Waals surface area contributed by atoms with Crippen LogP contribution in [0.25, 0.3) is 0 Å². The molecule has 102 valence electrons. The van der Waals surface area contributed by atoms with Gasteiger partial charge in [0.05, 0.1) is 12.8 Å². The molecule has 5 heteroatoms. The van der Waals surface area contributed by atoms with Crippen molar-refractivity contribution in [2.45, 2.75) is 19.8 Å². The van der Waals surface area contributed by atoms with Crippen molar-refractivity contribution in [1.29, 1.82) is 0 Å². The summed E-state index contributed by atoms with van der Waals surface area (Å²) < 4.78 is 5.17. The standard InChI is InChI=1S/C14H18N2O3/c1-10(17)15-12-9-11(5-6-13(12)19-2)14(18)16-7-3-4-8-16/h5-6,9H,3-4,7-8H2,1-2H3,(H,15,17). The fourth-order valence-corrected chi connectivity index (χ4v) is 2.23. The van der Waals surface area contributed by atoms with Crippen molar-refractivity contribution in [3.05, 3.63) is 23.8 Å². The van der Waals surface area contributed by atoms with Crippen molar-refractivity contribution in [3.63, 3.8) is 0 Å². The van der Waals surface area contributed by atoms with Crippen LogP contribution in [-0.2, 0) is 4.79 Å². The number of anilines is 1. The van der Waals surface area contributed by atoms with Crippen molar-refractivity contribution in [2.24, 2.45) is 0 Å². The molecule has 0 saturated carbocycles. The molecule has 19 heavy (non-hydrogen) atoms. The number of hydrogen-bond acceptors (Lipinski definition) is 3. The van der Waals surface area contributed by atoms with Crippen molar-refractivity contribution >= 4 is 17.5 Å². The van der Waals surface area contributed by atoms with Gasteiger partial charge in [0.15, 0.2) is 0 Å². The third-order valence-electron chi connectivity index (χ3n) is 3.15. The van der Waals surface area contributed by atoms with Crippen molar-refractivity contribution in [2.75, 3.05) is 25.5 Å². The van der Waals surface area contributed by atoms with E-state index in [1.807, 2.05) is 4.90 Å². The summed E-state index contributed by atoms with van der Waals surface area (Å²) in [5, 5.41) is 2.68. The van der Waals surface area contributed by atoms with Crippen LogP contribution in [0.5, 0.6) is 5.75 Å². The topological polar surface area (TPSA) is 58.6 Å². The molecule has 0 radical (unpaired) electrons. The number of hydrogen-bond donors (Lipinski definition) is 1. The molecule has 1 aromatic carbocycles. The molecule has 0 aromatic heterocycles. The van der Waals surface area contributed by atoms with Gasteiger partial charge < -0.3 is 15.0 Å². The first-order valence-corrected chi connectivity index (χ1v) is 6.36. The van der Waals surface area contributed by atoms with Gasteiger partial charge in [-0.25, -0.2) is 0 Å². The monoisotopic (exact) mass is 262 g/mol. The third kappa shape index (κ3) is 3.05. The molecule has 1 aromatic rings. The summed E-state index contributed by atoms with van der Waals surface area (Å²) in [4.78, 5) is 25.2. The smallest absolute Gasteiger partial charge is 0.253 e. The minimum atomic E-state index is -0.191. The Morgan fingerprint density at radius 2 is 1.95 bits per heavy atom. The van der Waals surface area contributed by atoms with Gasteiger partial charge in [-0.2, -0.15) is 0 Å². The molecule has 1 aliphatic rings. The molecule has 2 rings (SSSR count). The highest BCUT2D eigenvalue weighted by molar-refractivity contribution is 5.98. The summed E-state index contributed by atoms with van der Waals surface area (Å²) in [6.45, 7) is 3.04. The lowest BCUT2D eigenvalue weighted by atomic mass is 10.1. The number of ether oxygens (including phenoxy) is 1. The van der Waals surface area contributed by atoms with Crippen LogP contribution in [0.2, 0.25) is 0 Å². The second-order valence-corrected chi connectivity index (χ2v) is 4.60. The second kappa shape index (κ2) is 5.73. The predicted octanol–water partition coefficient (Wildman–Crippen LogP) is 1.89. The molecule has 1 fully saturated rings. The van der Waals surface area contributed by atoms with Crippen LogP contribution < -0.4 is 10.1 Å². The highest BCUT2D eigenvalue weighted by Crippen LogP contribution is 2.26. The zero-order valence-electron chi connectivity index (χ0n) is 11.2. The molecule has 0 atom stereocenters. The van der Waals surface area contributed by atoms with Gasteiger partial charge in [0.1, 0.15) is 5.75 Å². The van der Waals surface area contributed by atoms with E-state index in [-0.39, 0.29) is 11.8 Å². The van der Waals surface area contributed by atoms with E-state index in [1.165, 1.54) is 14.0 Å². The summed E-state index contributed by atoms with van der Waals surface area (Å²) in [7, 11) is 1.53. The number of amides is 2. The first kappa shape index (κ1) is 13.4. The largest absolute Gasteiger partial charge is 0.495 e. The van der Waals surface area contributed by atoms with Crippen LogP contribution in [0, 0.1) is 0 Å². The number of nitrogens with one attached hydrogen (secondary N) is 1. The lowest BCUT2D eigenvalue weighted by molar-refractivity contribution is -0.114. The minimum absolute atomic E-state index is 0.00625.